The van der Waals surface area contributed by atoms with Crippen LogP contribution in [0.1, 0.15) is 52.8 Å². The fraction of sp³-hybridized carbons (Fsp3) is 0.500. The Bertz CT molecular complexity index is 650. The average Bonchev–Trinajstić information content (AvgIpc) is 2.62. The molecule has 0 saturated carbocycles. The summed E-state index contributed by atoms with van der Waals surface area (Å²) in [5.41, 5.74) is 0.525. The molecule has 2 heterocycles. The van der Waals surface area contributed by atoms with E-state index in [0.29, 0.717) is 25.1 Å². The molecule has 6 heteroatoms. The molecule has 24 heavy (non-hydrogen) atoms. The molecule has 2 amide bonds. The number of carboxylic acids is 1. The summed E-state index contributed by atoms with van der Waals surface area (Å²) >= 11 is 0. The zero-order valence-electron chi connectivity index (χ0n) is 13.6. The molecular weight excluding hydrogens is 308 g/mol. The molecule has 0 spiro atoms. The van der Waals surface area contributed by atoms with Gasteiger partial charge in [0.1, 0.15) is 0 Å². The topological polar surface area (TPSA) is 77.9 Å². The Morgan fingerprint density at radius 2 is 1.75 bits per heavy atom. The third-order valence-corrected chi connectivity index (χ3v) is 4.91. The lowest BCUT2D eigenvalue weighted by Gasteiger charge is -2.40. The van der Waals surface area contributed by atoms with Crippen LogP contribution in [-0.4, -0.2) is 58.4 Å². The molecular formula is C18H22N2O4. The van der Waals surface area contributed by atoms with E-state index in [9.17, 15) is 14.4 Å². The van der Waals surface area contributed by atoms with E-state index in [1.165, 1.54) is 12.1 Å². The van der Waals surface area contributed by atoms with Gasteiger partial charge in [-0.25, -0.2) is 4.79 Å². The molecule has 0 unspecified atom stereocenters. The summed E-state index contributed by atoms with van der Waals surface area (Å²) in [6.45, 7) is 2.03. The van der Waals surface area contributed by atoms with E-state index in [1.54, 1.807) is 17.0 Å². The summed E-state index contributed by atoms with van der Waals surface area (Å²) in [4.78, 5) is 39.4. The largest absolute Gasteiger partial charge is 0.478 e. The fourth-order valence-corrected chi connectivity index (χ4v) is 3.56. The minimum absolute atomic E-state index is 0.120. The lowest BCUT2D eigenvalue weighted by Crippen LogP contribution is -2.50. The lowest BCUT2D eigenvalue weighted by atomic mass is 9.99. The summed E-state index contributed by atoms with van der Waals surface area (Å²) in [5, 5.41) is 9.04. The average molecular weight is 330 g/mol. The standard InChI is InChI=1S/C18H22N2O4/c21-16-6-1-2-9-20(16)15-7-10-19(11-8-15)17(22)13-4-3-5-14(12-13)18(23)24/h3-5,12,15H,1-2,6-11H2,(H,23,24). The van der Waals surface area contributed by atoms with Crippen molar-refractivity contribution in [3.8, 4) is 0 Å². The summed E-state index contributed by atoms with van der Waals surface area (Å²) in [6.07, 6.45) is 4.26. The first kappa shape index (κ1) is 16.5. The quantitative estimate of drug-likeness (QED) is 0.919. The SMILES string of the molecule is O=C(O)c1cccc(C(=O)N2CCC(N3CCCCC3=O)CC2)c1. The number of carbonyl (C=O) groups is 3. The van der Waals surface area contributed by atoms with Crippen molar-refractivity contribution in [3.63, 3.8) is 0 Å². The van der Waals surface area contributed by atoms with Crippen molar-refractivity contribution in [1.82, 2.24) is 9.80 Å². The van der Waals surface area contributed by atoms with E-state index in [1.807, 2.05) is 4.90 Å². The van der Waals surface area contributed by atoms with Crippen LogP contribution in [-0.2, 0) is 4.79 Å². The molecule has 3 rings (SSSR count). The summed E-state index contributed by atoms with van der Waals surface area (Å²) in [5.74, 6) is -0.936. The molecule has 1 aromatic rings. The van der Waals surface area contributed by atoms with Crippen molar-refractivity contribution in [1.29, 1.82) is 0 Å². The maximum absolute atomic E-state index is 12.6. The Morgan fingerprint density at radius 3 is 2.42 bits per heavy atom. The highest BCUT2D eigenvalue weighted by Gasteiger charge is 2.31. The summed E-state index contributed by atoms with van der Waals surface area (Å²) < 4.78 is 0. The third kappa shape index (κ3) is 3.42. The van der Waals surface area contributed by atoms with E-state index in [2.05, 4.69) is 0 Å². The molecule has 1 aromatic carbocycles. The van der Waals surface area contributed by atoms with Gasteiger partial charge in [0.05, 0.1) is 5.56 Å². The number of rotatable bonds is 3. The highest BCUT2D eigenvalue weighted by atomic mass is 16.4. The van der Waals surface area contributed by atoms with Crippen molar-refractivity contribution in [2.45, 2.75) is 38.1 Å². The van der Waals surface area contributed by atoms with E-state index < -0.39 is 5.97 Å². The first-order valence-electron chi connectivity index (χ1n) is 8.48. The summed E-state index contributed by atoms with van der Waals surface area (Å²) in [7, 11) is 0. The predicted molar refractivity (Wildman–Crippen MR) is 87.9 cm³/mol. The van der Waals surface area contributed by atoms with Crippen LogP contribution in [0.15, 0.2) is 24.3 Å². The van der Waals surface area contributed by atoms with Crippen molar-refractivity contribution < 1.29 is 19.5 Å². The Morgan fingerprint density at radius 1 is 1.04 bits per heavy atom. The number of hydrogen-bond donors (Lipinski definition) is 1. The number of benzene rings is 1. The molecule has 2 aliphatic rings. The lowest BCUT2D eigenvalue weighted by molar-refractivity contribution is -0.136. The minimum atomic E-state index is -1.04. The maximum atomic E-state index is 12.6. The Kier molecular flexibility index (Phi) is 4.83. The van der Waals surface area contributed by atoms with Gasteiger partial charge in [-0.15, -0.1) is 0 Å². The zero-order valence-corrected chi connectivity index (χ0v) is 13.6. The van der Waals surface area contributed by atoms with Crippen molar-refractivity contribution in [2.75, 3.05) is 19.6 Å². The van der Waals surface area contributed by atoms with Crippen LogP contribution in [0, 0.1) is 0 Å². The van der Waals surface area contributed by atoms with Crippen LogP contribution in [0.2, 0.25) is 0 Å². The predicted octanol–water partition coefficient (Wildman–Crippen LogP) is 2.00. The molecule has 2 aliphatic heterocycles. The molecule has 0 radical (unpaired) electrons. The first-order valence-corrected chi connectivity index (χ1v) is 8.48. The molecule has 2 saturated heterocycles. The van der Waals surface area contributed by atoms with Gasteiger partial charge in [0, 0.05) is 37.7 Å². The van der Waals surface area contributed by atoms with Gasteiger partial charge in [0.2, 0.25) is 5.91 Å². The molecule has 128 valence electrons. The fourth-order valence-electron chi connectivity index (χ4n) is 3.56. The number of nitrogens with zero attached hydrogens (tertiary/aromatic N) is 2. The Hall–Kier alpha value is -2.37. The second kappa shape index (κ2) is 7.03. The maximum Gasteiger partial charge on any atom is 0.335 e. The second-order valence-electron chi connectivity index (χ2n) is 6.45. The van der Waals surface area contributed by atoms with Gasteiger partial charge in [0.15, 0.2) is 0 Å². The second-order valence-corrected chi connectivity index (χ2v) is 6.45. The van der Waals surface area contributed by atoms with Crippen LogP contribution in [0.3, 0.4) is 0 Å². The Balaban J connectivity index is 1.62. The van der Waals surface area contributed by atoms with Crippen LogP contribution in [0.5, 0.6) is 0 Å². The minimum Gasteiger partial charge on any atom is -0.478 e. The molecule has 2 fully saturated rings. The van der Waals surface area contributed by atoms with Gasteiger partial charge >= 0.3 is 5.97 Å². The van der Waals surface area contributed by atoms with Crippen LogP contribution >= 0.6 is 0 Å². The zero-order chi connectivity index (χ0) is 17.1. The number of piperidine rings is 2. The first-order chi connectivity index (χ1) is 11.6. The Labute approximate surface area is 141 Å². The highest BCUT2D eigenvalue weighted by molar-refractivity contribution is 5.97. The van der Waals surface area contributed by atoms with Gasteiger partial charge in [-0.3, -0.25) is 9.59 Å². The molecule has 0 atom stereocenters. The van der Waals surface area contributed by atoms with Gasteiger partial charge in [-0.05, 0) is 43.9 Å². The van der Waals surface area contributed by atoms with Crippen molar-refractivity contribution in [2.24, 2.45) is 0 Å². The van der Waals surface area contributed by atoms with Crippen LogP contribution in [0.4, 0.5) is 0 Å². The number of carboxylic acid groups (broad SMARTS) is 1. The summed E-state index contributed by atoms with van der Waals surface area (Å²) in [6, 6.07) is 6.37. The van der Waals surface area contributed by atoms with Gasteiger partial charge in [0.25, 0.3) is 5.91 Å². The van der Waals surface area contributed by atoms with Gasteiger partial charge < -0.3 is 14.9 Å². The number of amides is 2. The van der Waals surface area contributed by atoms with Crippen molar-refractivity contribution >= 4 is 17.8 Å². The number of likely N-dealkylation sites (tertiary alicyclic amines) is 2. The number of aromatic carboxylic acids is 1. The van der Waals surface area contributed by atoms with E-state index in [4.69, 9.17) is 5.11 Å². The monoisotopic (exact) mass is 330 g/mol. The van der Waals surface area contributed by atoms with Gasteiger partial charge in [-0.1, -0.05) is 6.07 Å². The highest BCUT2D eigenvalue weighted by Crippen LogP contribution is 2.23. The normalized spacial score (nSPS) is 19.4. The molecule has 0 aliphatic carbocycles. The molecule has 1 N–H and O–H groups in total. The number of hydrogen-bond acceptors (Lipinski definition) is 3. The van der Waals surface area contributed by atoms with E-state index in [0.717, 1.165) is 32.2 Å². The molecule has 0 bridgehead atoms. The van der Waals surface area contributed by atoms with Gasteiger partial charge in [-0.2, -0.15) is 0 Å². The number of carbonyl (C=O) groups excluding carboxylic acids is 2. The smallest absolute Gasteiger partial charge is 0.335 e. The molecule has 0 aromatic heterocycles. The molecule has 6 nitrogen and oxygen atoms in total. The van der Waals surface area contributed by atoms with Crippen molar-refractivity contribution in [3.05, 3.63) is 35.4 Å². The van der Waals surface area contributed by atoms with E-state index >= 15 is 0 Å². The van der Waals surface area contributed by atoms with Crippen LogP contribution < -0.4 is 0 Å². The van der Waals surface area contributed by atoms with E-state index in [-0.39, 0.29) is 23.4 Å². The van der Waals surface area contributed by atoms with Crippen LogP contribution in [0.25, 0.3) is 0 Å². The third-order valence-electron chi connectivity index (χ3n) is 4.91.